The van der Waals surface area contributed by atoms with E-state index < -0.39 is 0 Å². The highest BCUT2D eigenvalue weighted by molar-refractivity contribution is 5.91. The monoisotopic (exact) mass is 228 g/mol. The van der Waals surface area contributed by atoms with Crippen molar-refractivity contribution in [1.82, 2.24) is 4.98 Å². The van der Waals surface area contributed by atoms with Crippen LogP contribution in [0.3, 0.4) is 0 Å². The van der Waals surface area contributed by atoms with Crippen molar-refractivity contribution >= 4 is 16.6 Å². The van der Waals surface area contributed by atoms with E-state index >= 15 is 0 Å². The van der Waals surface area contributed by atoms with Crippen molar-refractivity contribution in [1.29, 1.82) is 0 Å². The topological polar surface area (TPSA) is 24.9 Å². The van der Waals surface area contributed by atoms with Crippen molar-refractivity contribution in [3.05, 3.63) is 36.5 Å². The Morgan fingerprint density at radius 1 is 1.12 bits per heavy atom. The molecule has 1 aromatic heterocycles. The third kappa shape index (κ3) is 3.19. The number of aromatic nitrogens is 1. The largest absolute Gasteiger partial charge is 0.370 e. The van der Waals surface area contributed by atoms with Crippen LogP contribution < -0.4 is 5.32 Å². The van der Waals surface area contributed by atoms with E-state index in [4.69, 9.17) is 0 Å². The van der Waals surface area contributed by atoms with E-state index in [0.29, 0.717) is 5.41 Å². The Kier molecular flexibility index (Phi) is 3.32. The van der Waals surface area contributed by atoms with Gasteiger partial charge in [0.05, 0.1) is 0 Å². The highest BCUT2D eigenvalue weighted by Crippen LogP contribution is 2.22. The third-order valence-corrected chi connectivity index (χ3v) is 2.84. The normalized spacial score (nSPS) is 11.7. The van der Waals surface area contributed by atoms with E-state index in [1.165, 1.54) is 10.8 Å². The number of hydrogen-bond acceptors (Lipinski definition) is 2. The fourth-order valence-electron chi connectivity index (χ4n) is 1.82. The molecule has 0 spiro atoms. The summed E-state index contributed by atoms with van der Waals surface area (Å²) in [6.45, 7) is 7.73. The molecule has 0 radical (unpaired) electrons. The van der Waals surface area contributed by atoms with Crippen LogP contribution in [0.15, 0.2) is 36.5 Å². The minimum absolute atomic E-state index is 0.359. The zero-order valence-corrected chi connectivity index (χ0v) is 10.8. The summed E-state index contributed by atoms with van der Waals surface area (Å²) in [7, 11) is 0. The first-order chi connectivity index (χ1) is 8.06. The number of benzene rings is 1. The number of nitrogens with zero attached hydrogens (tertiary/aromatic N) is 1. The van der Waals surface area contributed by atoms with E-state index in [0.717, 1.165) is 18.8 Å². The molecule has 0 fully saturated rings. The van der Waals surface area contributed by atoms with Crippen LogP contribution in [0, 0.1) is 5.41 Å². The Morgan fingerprint density at radius 2 is 1.88 bits per heavy atom. The second kappa shape index (κ2) is 4.74. The fourth-order valence-corrected chi connectivity index (χ4v) is 1.82. The standard InChI is InChI=1S/C15H20N2/c1-15(2,3)9-11-17-14-13-7-5-4-6-12(13)8-10-16-14/h4-8,10H,9,11H2,1-3H3,(H,16,17). The summed E-state index contributed by atoms with van der Waals surface area (Å²) in [5.74, 6) is 0.993. The van der Waals surface area contributed by atoms with Gasteiger partial charge in [-0.1, -0.05) is 45.0 Å². The minimum Gasteiger partial charge on any atom is -0.370 e. The Labute approximate surface area is 103 Å². The number of pyridine rings is 1. The number of anilines is 1. The molecule has 0 atom stereocenters. The molecule has 17 heavy (non-hydrogen) atoms. The summed E-state index contributed by atoms with van der Waals surface area (Å²) in [6, 6.07) is 10.4. The van der Waals surface area contributed by atoms with Gasteiger partial charge in [-0.2, -0.15) is 0 Å². The van der Waals surface area contributed by atoms with Gasteiger partial charge in [0, 0.05) is 18.1 Å². The lowest BCUT2D eigenvalue weighted by Crippen LogP contribution is -2.13. The van der Waals surface area contributed by atoms with Gasteiger partial charge in [0.1, 0.15) is 5.82 Å². The van der Waals surface area contributed by atoms with Gasteiger partial charge in [-0.15, -0.1) is 0 Å². The summed E-state index contributed by atoms with van der Waals surface area (Å²) in [5.41, 5.74) is 0.359. The summed E-state index contributed by atoms with van der Waals surface area (Å²) < 4.78 is 0. The van der Waals surface area contributed by atoms with Crippen LogP contribution in [-0.2, 0) is 0 Å². The molecule has 1 N–H and O–H groups in total. The Morgan fingerprint density at radius 3 is 2.65 bits per heavy atom. The lowest BCUT2D eigenvalue weighted by atomic mass is 9.92. The van der Waals surface area contributed by atoms with Crippen molar-refractivity contribution in [3.8, 4) is 0 Å². The molecule has 0 unspecified atom stereocenters. The molecule has 0 aliphatic heterocycles. The minimum atomic E-state index is 0.359. The second-order valence-electron chi connectivity index (χ2n) is 5.62. The first-order valence-electron chi connectivity index (χ1n) is 6.14. The van der Waals surface area contributed by atoms with Crippen LogP contribution in [0.1, 0.15) is 27.2 Å². The molecule has 0 aliphatic rings. The van der Waals surface area contributed by atoms with Crippen LogP contribution in [0.4, 0.5) is 5.82 Å². The average Bonchev–Trinajstić information content (AvgIpc) is 2.28. The van der Waals surface area contributed by atoms with Crippen LogP contribution in [0.2, 0.25) is 0 Å². The van der Waals surface area contributed by atoms with Crippen molar-refractivity contribution in [2.75, 3.05) is 11.9 Å². The number of fused-ring (bicyclic) bond motifs is 1. The summed E-state index contributed by atoms with van der Waals surface area (Å²) in [4.78, 5) is 4.42. The molecule has 1 heterocycles. The molecule has 0 bridgehead atoms. The van der Waals surface area contributed by atoms with Crippen molar-refractivity contribution in [2.24, 2.45) is 5.41 Å². The van der Waals surface area contributed by atoms with E-state index in [9.17, 15) is 0 Å². The molecule has 90 valence electrons. The van der Waals surface area contributed by atoms with E-state index in [2.05, 4.69) is 55.3 Å². The molecular formula is C15H20N2. The van der Waals surface area contributed by atoms with Gasteiger partial charge < -0.3 is 5.32 Å². The number of nitrogens with one attached hydrogen (secondary N) is 1. The molecule has 1 aromatic carbocycles. The van der Waals surface area contributed by atoms with Gasteiger partial charge in [0.2, 0.25) is 0 Å². The third-order valence-electron chi connectivity index (χ3n) is 2.84. The lowest BCUT2D eigenvalue weighted by molar-refractivity contribution is 0.389. The van der Waals surface area contributed by atoms with Gasteiger partial charge in [-0.3, -0.25) is 0 Å². The zero-order valence-electron chi connectivity index (χ0n) is 10.8. The first-order valence-corrected chi connectivity index (χ1v) is 6.14. The Balaban J connectivity index is 2.13. The van der Waals surface area contributed by atoms with Gasteiger partial charge in [0.25, 0.3) is 0 Å². The predicted molar refractivity (Wildman–Crippen MR) is 74.3 cm³/mol. The predicted octanol–water partition coefficient (Wildman–Crippen LogP) is 4.08. The summed E-state index contributed by atoms with van der Waals surface area (Å²) in [5, 5.41) is 5.87. The number of hydrogen-bond donors (Lipinski definition) is 1. The maximum atomic E-state index is 4.42. The van der Waals surface area contributed by atoms with Gasteiger partial charge in [-0.05, 0) is 23.3 Å². The molecule has 0 amide bonds. The molecule has 2 aromatic rings. The van der Waals surface area contributed by atoms with E-state index in [1.807, 2.05) is 12.3 Å². The maximum absolute atomic E-state index is 4.42. The van der Waals surface area contributed by atoms with E-state index in [1.54, 1.807) is 0 Å². The fraction of sp³-hybridized carbons (Fsp3) is 0.400. The smallest absolute Gasteiger partial charge is 0.133 e. The molecule has 2 rings (SSSR count). The van der Waals surface area contributed by atoms with Crippen molar-refractivity contribution in [3.63, 3.8) is 0 Å². The Hall–Kier alpha value is -1.57. The second-order valence-corrected chi connectivity index (χ2v) is 5.62. The average molecular weight is 228 g/mol. The number of rotatable bonds is 3. The van der Waals surface area contributed by atoms with Crippen LogP contribution >= 0.6 is 0 Å². The van der Waals surface area contributed by atoms with Crippen LogP contribution in [-0.4, -0.2) is 11.5 Å². The molecule has 0 saturated heterocycles. The lowest BCUT2D eigenvalue weighted by Gasteiger charge is -2.18. The Bertz CT molecular complexity index is 492. The quantitative estimate of drug-likeness (QED) is 0.856. The highest BCUT2D eigenvalue weighted by atomic mass is 15.0. The summed E-state index contributed by atoms with van der Waals surface area (Å²) >= 11 is 0. The van der Waals surface area contributed by atoms with Crippen molar-refractivity contribution in [2.45, 2.75) is 27.2 Å². The molecular weight excluding hydrogens is 208 g/mol. The van der Waals surface area contributed by atoms with Crippen molar-refractivity contribution < 1.29 is 0 Å². The summed E-state index contributed by atoms with van der Waals surface area (Å²) in [6.07, 6.45) is 3.00. The van der Waals surface area contributed by atoms with E-state index in [-0.39, 0.29) is 0 Å². The SMILES string of the molecule is CC(C)(C)CCNc1nccc2ccccc12. The van der Waals surface area contributed by atoms with Gasteiger partial charge in [0.15, 0.2) is 0 Å². The zero-order chi connectivity index (χ0) is 12.3. The van der Waals surface area contributed by atoms with Crippen LogP contribution in [0.5, 0.6) is 0 Å². The first kappa shape index (κ1) is 11.9. The van der Waals surface area contributed by atoms with Crippen LogP contribution in [0.25, 0.3) is 10.8 Å². The van der Waals surface area contributed by atoms with Gasteiger partial charge in [-0.25, -0.2) is 4.98 Å². The molecule has 0 aliphatic carbocycles. The van der Waals surface area contributed by atoms with Gasteiger partial charge >= 0.3 is 0 Å². The molecule has 2 heteroatoms. The molecule has 2 nitrogen and oxygen atoms in total. The molecule has 0 saturated carbocycles. The highest BCUT2D eigenvalue weighted by Gasteiger charge is 2.09. The maximum Gasteiger partial charge on any atom is 0.133 e.